The zero-order chi connectivity index (χ0) is 9.14. The van der Waals surface area contributed by atoms with Gasteiger partial charge in [-0.2, -0.15) is 5.26 Å². The number of pyridine rings is 1. The molecule has 1 aromatic rings. The van der Waals surface area contributed by atoms with Gasteiger partial charge in [0.1, 0.15) is 23.7 Å². The molecule has 2 nitrogen and oxygen atoms in total. The number of nitrogens with zero attached hydrogens (tertiary/aromatic N) is 2. The van der Waals surface area contributed by atoms with E-state index in [-0.39, 0.29) is 5.15 Å². The lowest BCUT2D eigenvalue weighted by Crippen LogP contribution is -2.16. The molecule has 0 saturated heterocycles. The molecule has 0 fully saturated rings. The first-order valence-corrected chi connectivity index (χ1v) is 4.00. The summed E-state index contributed by atoms with van der Waals surface area (Å²) in [5.74, 6) is 0. The lowest BCUT2D eigenvalue weighted by Gasteiger charge is -2.01. The lowest BCUT2D eigenvalue weighted by atomic mass is 9.72. The van der Waals surface area contributed by atoms with E-state index in [9.17, 15) is 0 Å². The summed E-state index contributed by atoms with van der Waals surface area (Å²) >= 11 is 11.3. The molecule has 0 unspecified atom stereocenters. The zero-order valence-corrected chi connectivity index (χ0v) is 7.82. The van der Waals surface area contributed by atoms with E-state index in [0.717, 1.165) is 0 Å². The van der Waals surface area contributed by atoms with Gasteiger partial charge in [0.15, 0.2) is 0 Å². The van der Waals surface area contributed by atoms with Crippen LogP contribution in [0, 0.1) is 11.3 Å². The van der Waals surface area contributed by atoms with Gasteiger partial charge < -0.3 is 0 Å². The molecule has 1 heterocycles. The number of aromatic nitrogens is 1. The summed E-state index contributed by atoms with van der Waals surface area (Å²) in [6.07, 6.45) is 0. The van der Waals surface area contributed by atoms with E-state index in [1.807, 2.05) is 12.9 Å². The molecular formula is C7H4BCl2N2. The molecule has 0 aliphatic carbocycles. The highest BCUT2D eigenvalue weighted by atomic mass is 35.5. The van der Waals surface area contributed by atoms with Crippen LogP contribution in [0.2, 0.25) is 17.1 Å². The number of hydrogen-bond donors (Lipinski definition) is 0. The van der Waals surface area contributed by atoms with E-state index >= 15 is 0 Å². The smallest absolute Gasteiger partial charge is 0.150 e. The van der Waals surface area contributed by atoms with E-state index < -0.39 is 0 Å². The number of halogens is 2. The van der Waals surface area contributed by atoms with Crippen LogP contribution in [0.5, 0.6) is 0 Å². The normalized spacial score (nSPS) is 9.17. The van der Waals surface area contributed by atoms with E-state index in [1.54, 1.807) is 13.3 Å². The maximum Gasteiger partial charge on any atom is 0.150 e. The Labute approximate surface area is 81.4 Å². The molecule has 0 aromatic carbocycles. The topological polar surface area (TPSA) is 36.7 Å². The molecule has 12 heavy (non-hydrogen) atoms. The Balaban J connectivity index is 3.36. The third kappa shape index (κ3) is 1.71. The van der Waals surface area contributed by atoms with Crippen LogP contribution in [0.1, 0.15) is 5.56 Å². The molecule has 0 saturated carbocycles. The van der Waals surface area contributed by atoms with Crippen LogP contribution in [-0.4, -0.2) is 12.3 Å². The summed E-state index contributed by atoms with van der Waals surface area (Å²) in [6.45, 7) is 1.81. The highest BCUT2D eigenvalue weighted by Crippen LogP contribution is 2.13. The van der Waals surface area contributed by atoms with Crippen molar-refractivity contribution in [3.8, 4) is 6.07 Å². The number of hydrogen-bond acceptors (Lipinski definition) is 2. The molecule has 5 heteroatoms. The second kappa shape index (κ2) is 3.80. The summed E-state index contributed by atoms with van der Waals surface area (Å²) < 4.78 is 0. The van der Waals surface area contributed by atoms with Crippen molar-refractivity contribution < 1.29 is 0 Å². The molecule has 59 valence electrons. The molecule has 0 amide bonds. The fourth-order valence-corrected chi connectivity index (χ4v) is 1.33. The summed E-state index contributed by atoms with van der Waals surface area (Å²) in [6, 6.07) is 3.56. The van der Waals surface area contributed by atoms with Crippen molar-refractivity contribution in [3.63, 3.8) is 0 Å². The Bertz CT molecular complexity index is 346. The van der Waals surface area contributed by atoms with Gasteiger partial charge in [-0.05, 0) is 6.07 Å². The molecule has 0 aliphatic rings. The molecule has 0 bridgehead atoms. The van der Waals surface area contributed by atoms with Gasteiger partial charge in [-0.1, -0.05) is 35.5 Å². The SMILES string of the molecule is C[B]c1cc(Cl)nc(Cl)c1C#N. The van der Waals surface area contributed by atoms with Gasteiger partial charge in [0.05, 0.1) is 5.56 Å². The van der Waals surface area contributed by atoms with Crippen molar-refractivity contribution in [1.29, 1.82) is 5.26 Å². The quantitative estimate of drug-likeness (QED) is 0.507. The van der Waals surface area contributed by atoms with Crippen molar-refractivity contribution in [2.24, 2.45) is 0 Å². The average molecular weight is 198 g/mol. The fourth-order valence-electron chi connectivity index (χ4n) is 0.840. The second-order valence-electron chi connectivity index (χ2n) is 2.10. The largest absolute Gasteiger partial charge is 0.223 e. The molecule has 0 N–H and O–H groups in total. The maximum absolute atomic E-state index is 8.68. The Morgan fingerprint density at radius 2 is 2.25 bits per heavy atom. The Kier molecular flexibility index (Phi) is 2.96. The van der Waals surface area contributed by atoms with Gasteiger partial charge in [-0.15, -0.1) is 0 Å². The minimum atomic E-state index is 0.151. The Morgan fingerprint density at radius 3 is 2.75 bits per heavy atom. The van der Waals surface area contributed by atoms with Crippen molar-refractivity contribution in [2.45, 2.75) is 6.82 Å². The molecule has 1 aromatic heterocycles. The first kappa shape index (κ1) is 9.37. The number of nitriles is 1. The fraction of sp³-hybridized carbons (Fsp3) is 0.143. The number of rotatable bonds is 1. The summed E-state index contributed by atoms with van der Waals surface area (Å²) in [7, 11) is 1.76. The third-order valence-electron chi connectivity index (χ3n) is 1.40. The van der Waals surface area contributed by atoms with Crippen molar-refractivity contribution in [1.82, 2.24) is 4.98 Å². The minimum absolute atomic E-state index is 0.151. The van der Waals surface area contributed by atoms with Crippen LogP contribution < -0.4 is 5.46 Å². The zero-order valence-electron chi connectivity index (χ0n) is 6.31. The van der Waals surface area contributed by atoms with E-state index in [0.29, 0.717) is 16.2 Å². The van der Waals surface area contributed by atoms with Crippen LogP contribution in [-0.2, 0) is 0 Å². The summed E-state index contributed by atoms with van der Waals surface area (Å²) in [5.41, 5.74) is 1.08. The van der Waals surface area contributed by atoms with E-state index in [1.165, 1.54) is 0 Å². The van der Waals surface area contributed by atoms with Gasteiger partial charge >= 0.3 is 0 Å². The summed E-state index contributed by atoms with van der Waals surface area (Å²) in [5, 5.41) is 9.13. The molecule has 1 rings (SSSR count). The molecule has 0 atom stereocenters. The highest BCUT2D eigenvalue weighted by Gasteiger charge is 2.08. The maximum atomic E-state index is 8.68. The van der Waals surface area contributed by atoms with Crippen LogP contribution in [0.15, 0.2) is 6.07 Å². The van der Waals surface area contributed by atoms with Crippen LogP contribution in [0.25, 0.3) is 0 Å². The second-order valence-corrected chi connectivity index (χ2v) is 2.85. The highest BCUT2D eigenvalue weighted by molar-refractivity contribution is 6.54. The predicted octanol–water partition coefficient (Wildman–Crippen LogP) is 1.64. The van der Waals surface area contributed by atoms with E-state index in [2.05, 4.69) is 4.98 Å². The molecule has 0 spiro atoms. The predicted molar refractivity (Wildman–Crippen MR) is 50.2 cm³/mol. The average Bonchev–Trinajstić information content (AvgIpc) is 2.03. The standard InChI is InChI=1S/C7H4BCl2N2/c1-8-5-2-6(9)12-7(10)4(5)3-11/h2H,1H3. The van der Waals surface area contributed by atoms with Gasteiger partial charge in [-0.25, -0.2) is 4.98 Å². The molecule has 1 radical (unpaired) electrons. The molecule has 0 aliphatic heterocycles. The Morgan fingerprint density at radius 1 is 1.58 bits per heavy atom. The first-order chi connectivity index (χ1) is 5.69. The van der Waals surface area contributed by atoms with E-state index in [4.69, 9.17) is 28.5 Å². The monoisotopic (exact) mass is 197 g/mol. The van der Waals surface area contributed by atoms with Crippen LogP contribution in [0.4, 0.5) is 0 Å². The van der Waals surface area contributed by atoms with Gasteiger partial charge in [0, 0.05) is 0 Å². The third-order valence-corrected chi connectivity index (χ3v) is 1.86. The Hall–Kier alpha value is -0.715. The van der Waals surface area contributed by atoms with Crippen LogP contribution >= 0.6 is 23.2 Å². The van der Waals surface area contributed by atoms with Crippen molar-refractivity contribution in [2.75, 3.05) is 0 Å². The van der Waals surface area contributed by atoms with Gasteiger partial charge in [0.25, 0.3) is 0 Å². The van der Waals surface area contributed by atoms with Crippen molar-refractivity contribution >= 4 is 35.9 Å². The van der Waals surface area contributed by atoms with Crippen LogP contribution in [0.3, 0.4) is 0 Å². The van der Waals surface area contributed by atoms with Crippen molar-refractivity contribution in [3.05, 3.63) is 21.9 Å². The first-order valence-electron chi connectivity index (χ1n) is 3.24. The molecular weight excluding hydrogens is 194 g/mol. The minimum Gasteiger partial charge on any atom is -0.223 e. The summed E-state index contributed by atoms with van der Waals surface area (Å²) in [4.78, 5) is 3.74. The van der Waals surface area contributed by atoms with Gasteiger partial charge in [0.2, 0.25) is 0 Å². The van der Waals surface area contributed by atoms with Gasteiger partial charge in [-0.3, -0.25) is 0 Å². The lowest BCUT2D eigenvalue weighted by molar-refractivity contribution is 1.32.